The molecule has 0 bridgehead atoms. The van der Waals surface area contributed by atoms with Crippen LogP contribution in [-0.4, -0.2) is 92.2 Å². The summed E-state index contributed by atoms with van der Waals surface area (Å²) in [6.45, 7) is 9.18. The van der Waals surface area contributed by atoms with E-state index in [0.717, 1.165) is 61.8 Å². The van der Waals surface area contributed by atoms with Crippen molar-refractivity contribution in [1.82, 2.24) is 4.90 Å². The van der Waals surface area contributed by atoms with E-state index in [4.69, 9.17) is 33.7 Å². The summed E-state index contributed by atoms with van der Waals surface area (Å²) in [6.07, 6.45) is 12.6. The molecule has 5 rings (SSSR count). The summed E-state index contributed by atoms with van der Waals surface area (Å²) in [6, 6.07) is 5.22. The average molecular weight is 683 g/mol. The summed E-state index contributed by atoms with van der Waals surface area (Å²) in [5, 5.41) is 24.3. The number of unbranched alkanes of at least 4 members (excludes halogenated alkanes) is 2. The number of allylic oxidation sites excluding steroid dienone is 1. The van der Waals surface area contributed by atoms with Crippen LogP contribution in [0.4, 0.5) is 4.79 Å². The van der Waals surface area contributed by atoms with Gasteiger partial charge in [-0.15, -0.1) is 6.58 Å². The fourth-order valence-corrected chi connectivity index (χ4v) is 8.16. The molecule has 7 atom stereocenters. The van der Waals surface area contributed by atoms with Crippen molar-refractivity contribution < 1.29 is 43.5 Å². The van der Waals surface area contributed by atoms with E-state index < -0.39 is 30.1 Å². The highest BCUT2D eigenvalue weighted by atomic mass is 16.8. The lowest BCUT2D eigenvalue weighted by molar-refractivity contribution is -0.253. The Kier molecular flexibility index (Phi) is 13.2. The zero-order valence-electron chi connectivity index (χ0n) is 29.1. The first kappa shape index (κ1) is 36.9. The lowest BCUT2D eigenvalue weighted by Gasteiger charge is -2.59. The van der Waals surface area contributed by atoms with Crippen LogP contribution in [0.1, 0.15) is 75.7 Å². The van der Waals surface area contributed by atoms with E-state index in [-0.39, 0.29) is 37.6 Å². The van der Waals surface area contributed by atoms with Crippen molar-refractivity contribution in [3.05, 3.63) is 60.7 Å². The number of ether oxygens (including phenoxy) is 5. The molecule has 4 aliphatic rings. The van der Waals surface area contributed by atoms with Gasteiger partial charge in [0.1, 0.15) is 24.1 Å². The second kappa shape index (κ2) is 17.5. The number of hydrogen-bond acceptors (Lipinski definition) is 10. The molecule has 0 radical (unpaired) electrons. The highest BCUT2D eigenvalue weighted by molar-refractivity contribution is 6.02. The molecule has 1 aromatic rings. The topological polar surface area (TPSA) is 129 Å². The minimum Gasteiger partial charge on any atom is -0.490 e. The van der Waals surface area contributed by atoms with Crippen molar-refractivity contribution in [3.8, 4) is 11.5 Å². The van der Waals surface area contributed by atoms with Crippen molar-refractivity contribution in [1.29, 1.82) is 0 Å². The van der Waals surface area contributed by atoms with Gasteiger partial charge in [0.05, 0.1) is 32.0 Å². The minimum atomic E-state index is -1.32. The van der Waals surface area contributed by atoms with Gasteiger partial charge in [-0.1, -0.05) is 42.8 Å². The zero-order valence-corrected chi connectivity index (χ0v) is 29.1. The number of rotatable bonds is 17. The Morgan fingerprint density at radius 1 is 1.10 bits per heavy atom. The van der Waals surface area contributed by atoms with E-state index in [1.54, 1.807) is 24.1 Å². The monoisotopic (exact) mass is 682 g/mol. The van der Waals surface area contributed by atoms with Crippen LogP contribution in [-0.2, 0) is 19.0 Å². The Hall–Kier alpha value is -3.38. The average Bonchev–Trinajstić information content (AvgIpc) is 3.13. The van der Waals surface area contributed by atoms with E-state index in [1.807, 2.05) is 12.1 Å². The Balaban J connectivity index is 1.73. The lowest BCUT2D eigenvalue weighted by Crippen LogP contribution is -2.69. The van der Waals surface area contributed by atoms with Gasteiger partial charge in [0, 0.05) is 44.6 Å². The van der Waals surface area contributed by atoms with Gasteiger partial charge in [0.2, 0.25) is 12.1 Å². The minimum absolute atomic E-state index is 0.117. The third-order valence-corrected chi connectivity index (χ3v) is 10.4. The van der Waals surface area contributed by atoms with Gasteiger partial charge in [0.25, 0.3) is 0 Å². The summed E-state index contributed by atoms with van der Waals surface area (Å²) < 4.78 is 31.0. The molecule has 0 aromatic heterocycles. The van der Waals surface area contributed by atoms with Crippen molar-refractivity contribution in [2.45, 2.75) is 88.2 Å². The van der Waals surface area contributed by atoms with Gasteiger partial charge in [-0.2, -0.15) is 0 Å². The molecule has 270 valence electrons. The van der Waals surface area contributed by atoms with Crippen molar-refractivity contribution in [2.75, 3.05) is 47.2 Å². The van der Waals surface area contributed by atoms with Gasteiger partial charge >= 0.3 is 6.09 Å². The molecular formula is C38H54N2O9. The first-order valence-electron chi connectivity index (χ1n) is 17.8. The second-order valence-corrected chi connectivity index (χ2v) is 13.4. The van der Waals surface area contributed by atoms with Crippen LogP contribution < -0.4 is 9.47 Å². The SMILES string of the molecule is C=CCOc1ccc2c(c1)C1C(CCCCO)C(CCCCO)C=C3C(=NOC4CCCCO4)CC(N(C)C(=O)OC)C(OCC=C)(O2)C31. The molecule has 2 aliphatic carbocycles. The number of nitrogens with zero attached hydrogens (tertiary/aromatic N) is 2. The van der Waals surface area contributed by atoms with Crippen molar-refractivity contribution >= 4 is 11.8 Å². The number of amides is 1. The quantitative estimate of drug-likeness (QED) is 0.114. The molecule has 11 heteroatoms. The second-order valence-electron chi connectivity index (χ2n) is 13.4. The standard InChI is InChI=1S/C38H54N2O9/c1-5-20-45-27-16-17-32-30(24-27)35-28(14-8-11-19-42)26(13-7-10-18-41)23-29-31(39-49-34-15-9-12-22-46-34)25-33(40(3)37(43)44-4)38(48-32,36(29)35)47-21-6-2/h5-6,16-17,23-24,26,28,33-36,41-42H,1-2,7-15,18-22,25H2,3-4H3. The maximum absolute atomic E-state index is 13.3. The Morgan fingerprint density at radius 3 is 2.57 bits per heavy atom. The van der Waals surface area contributed by atoms with Crippen LogP contribution in [0.2, 0.25) is 0 Å². The van der Waals surface area contributed by atoms with Crippen molar-refractivity contribution in [2.24, 2.45) is 22.9 Å². The van der Waals surface area contributed by atoms with Gasteiger partial charge in [-0.25, -0.2) is 4.79 Å². The van der Waals surface area contributed by atoms with Gasteiger partial charge in [-0.3, -0.25) is 0 Å². The number of fused-ring (bicyclic) bond motifs is 2. The number of carbonyl (C=O) groups excluding carboxylic acids is 1. The van der Waals surface area contributed by atoms with Crippen LogP contribution in [0, 0.1) is 17.8 Å². The van der Waals surface area contributed by atoms with Crippen LogP contribution in [0.3, 0.4) is 0 Å². The molecule has 1 saturated carbocycles. The molecule has 11 nitrogen and oxygen atoms in total. The molecule has 2 fully saturated rings. The zero-order chi connectivity index (χ0) is 34.8. The fourth-order valence-electron chi connectivity index (χ4n) is 8.16. The molecule has 0 spiro atoms. The first-order valence-corrected chi connectivity index (χ1v) is 17.8. The van der Waals surface area contributed by atoms with Gasteiger partial charge in [-0.05, 0) is 74.1 Å². The third-order valence-electron chi connectivity index (χ3n) is 10.4. The van der Waals surface area contributed by atoms with Crippen molar-refractivity contribution in [3.63, 3.8) is 0 Å². The smallest absolute Gasteiger partial charge is 0.409 e. The summed E-state index contributed by atoms with van der Waals surface area (Å²) in [4.78, 5) is 20.9. The summed E-state index contributed by atoms with van der Waals surface area (Å²) in [5.41, 5.74) is 2.68. The maximum Gasteiger partial charge on any atom is 0.409 e. The Bertz CT molecular complexity index is 1340. The third kappa shape index (κ3) is 8.01. The molecule has 2 aliphatic heterocycles. The van der Waals surface area contributed by atoms with Crippen LogP contribution >= 0.6 is 0 Å². The molecular weight excluding hydrogens is 628 g/mol. The van der Waals surface area contributed by atoms with E-state index in [9.17, 15) is 15.0 Å². The molecule has 1 amide bonds. The van der Waals surface area contributed by atoms with Crippen LogP contribution in [0.25, 0.3) is 0 Å². The summed E-state index contributed by atoms with van der Waals surface area (Å²) in [5.74, 6) is -0.242. The molecule has 7 unspecified atom stereocenters. The van der Waals surface area contributed by atoms with Crippen LogP contribution in [0.15, 0.2) is 60.3 Å². The number of likely N-dealkylation sites (N-methyl/N-ethyl adjacent to an activating group) is 1. The van der Waals surface area contributed by atoms with Gasteiger partial charge < -0.3 is 43.6 Å². The number of methoxy groups -OCH3 is 1. The highest BCUT2D eigenvalue weighted by Crippen LogP contribution is 2.61. The Labute approximate surface area is 290 Å². The number of carbonyl (C=O) groups is 1. The number of oxime groups is 1. The van der Waals surface area contributed by atoms with E-state index in [2.05, 4.69) is 25.3 Å². The largest absolute Gasteiger partial charge is 0.490 e. The Morgan fingerprint density at radius 2 is 1.88 bits per heavy atom. The molecule has 1 aromatic carbocycles. The van der Waals surface area contributed by atoms with E-state index >= 15 is 0 Å². The predicted octanol–water partition coefficient (Wildman–Crippen LogP) is 6.11. The number of hydrogen-bond donors (Lipinski definition) is 2. The fraction of sp³-hybridized carbons (Fsp3) is 0.632. The van der Waals surface area contributed by atoms with E-state index in [1.165, 1.54) is 7.11 Å². The molecule has 49 heavy (non-hydrogen) atoms. The molecule has 2 heterocycles. The molecule has 2 N–H and O–H groups in total. The van der Waals surface area contributed by atoms with Crippen LogP contribution in [0.5, 0.6) is 11.5 Å². The number of aliphatic hydroxyl groups is 2. The summed E-state index contributed by atoms with van der Waals surface area (Å²) in [7, 11) is 3.06. The predicted molar refractivity (Wildman–Crippen MR) is 185 cm³/mol. The number of benzene rings is 1. The first-order chi connectivity index (χ1) is 23.9. The number of aliphatic hydroxyl groups excluding tert-OH is 2. The maximum atomic E-state index is 13.3. The van der Waals surface area contributed by atoms with E-state index in [0.29, 0.717) is 44.0 Å². The lowest BCUT2D eigenvalue weighted by atomic mass is 9.55. The summed E-state index contributed by atoms with van der Waals surface area (Å²) >= 11 is 0. The van der Waals surface area contributed by atoms with Gasteiger partial charge in [0.15, 0.2) is 0 Å². The molecule has 1 saturated heterocycles. The normalized spacial score (nSPS) is 29.5. The highest BCUT2D eigenvalue weighted by Gasteiger charge is 2.65.